The number of carbonyl (C=O) groups excluding carboxylic acids is 1. The van der Waals surface area contributed by atoms with E-state index in [1.54, 1.807) is 0 Å². The average Bonchev–Trinajstić information content (AvgIpc) is 2.30. The maximum Gasteiger partial charge on any atom is 0.149 e. The average molecular weight is 223 g/mol. The van der Waals surface area contributed by atoms with Gasteiger partial charge >= 0.3 is 0 Å². The minimum atomic E-state index is 0.280. The monoisotopic (exact) mass is 223 g/mol. The topological polar surface area (TPSA) is 20.3 Å². The number of likely N-dealkylation sites (tertiary alicyclic amines) is 1. The molecular weight excluding hydrogens is 198 g/mol. The molecule has 1 aliphatic carbocycles. The number of hydrogen-bond acceptors (Lipinski definition) is 2. The van der Waals surface area contributed by atoms with Crippen LogP contribution in [0.3, 0.4) is 0 Å². The van der Waals surface area contributed by atoms with Gasteiger partial charge in [-0.2, -0.15) is 0 Å². The highest BCUT2D eigenvalue weighted by Gasteiger charge is 2.31. The van der Waals surface area contributed by atoms with Crippen LogP contribution >= 0.6 is 0 Å². The van der Waals surface area contributed by atoms with Crippen LogP contribution in [0.25, 0.3) is 0 Å². The van der Waals surface area contributed by atoms with E-state index in [2.05, 4.69) is 18.7 Å². The summed E-state index contributed by atoms with van der Waals surface area (Å²) in [6.45, 7) is 6.96. The standard InChI is InChI=1S/C14H25NO/c1-11(2)12-7-9-15(10-8-12)13-5-3-4-6-14(13)16/h11-13H,3-10H2,1-2H3. The quantitative estimate of drug-likeness (QED) is 0.717. The van der Waals surface area contributed by atoms with Crippen molar-refractivity contribution < 1.29 is 4.79 Å². The van der Waals surface area contributed by atoms with Crippen LogP contribution < -0.4 is 0 Å². The van der Waals surface area contributed by atoms with Crippen molar-refractivity contribution in [2.45, 2.75) is 58.4 Å². The van der Waals surface area contributed by atoms with Crippen molar-refractivity contribution in [3.8, 4) is 0 Å². The minimum absolute atomic E-state index is 0.280. The molecule has 1 atom stereocenters. The normalized spacial score (nSPS) is 29.9. The summed E-state index contributed by atoms with van der Waals surface area (Å²) in [5.41, 5.74) is 0. The molecule has 2 rings (SSSR count). The molecule has 16 heavy (non-hydrogen) atoms. The van der Waals surface area contributed by atoms with Crippen LogP contribution in [0.15, 0.2) is 0 Å². The van der Waals surface area contributed by atoms with Gasteiger partial charge in [0.1, 0.15) is 5.78 Å². The van der Waals surface area contributed by atoms with Crippen LogP contribution in [0, 0.1) is 11.8 Å². The van der Waals surface area contributed by atoms with E-state index in [0.29, 0.717) is 5.78 Å². The molecule has 0 N–H and O–H groups in total. The molecule has 0 aromatic rings. The lowest BCUT2D eigenvalue weighted by Gasteiger charge is -2.39. The summed E-state index contributed by atoms with van der Waals surface area (Å²) in [6, 6.07) is 0.280. The lowest BCUT2D eigenvalue weighted by Crippen LogP contribution is -2.47. The third-order valence-electron chi connectivity index (χ3n) is 4.48. The predicted molar refractivity (Wildman–Crippen MR) is 66.4 cm³/mol. The summed E-state index contributed by atoms with van der Waals surface area (Å²) >= 11 is 0. The van der Waals surface area contributed by atoms with Crippen LogP contribution in [-0.2, 0) is 4.79 Å². The number of rotatable bonds is 2. The molecule has 92 valence electrons. The van der Waals surface area contributed by atoms with Gasteiger partial charge in [0.25, 0.3) is 0 Å². The summed E-state index contributed by atoms with van der Waals surface area (Å²) in [5.74, 6) is 2.20. The molecule has 0 spiro atoms. The summed E-state index contributed by atoms with van der Waals surface area (Å²) in [4.78, 5) is 14.3. The Hall–Kier alpha value is -0.370. The number of Topliss-reactive ketones (excluding diaryl/α,β-unsaturated/α-hetero) is 1. The van der Waals surface area contributed by atoms with Crippen LogP contribution in [0.5, 0.6) is 0 Å². The number of carbonyl (C=O) groups is 1. The highest BCUT2D eigenvalue weighted by molar-refractivity contribution is 5.84. The highest BCUT2D eigenvalue weighted by atomic mass is 16.1. The first-order chi connectivity index (χ1) is 7.68. The number of ketones is 1. The third-order valence-corrected chi connectivity index (χ3v) is 4.48. The molecule has 1 aliphatic heterocycles. The Kier molecular flexibility index (Phi) is 4.01. The van der Waals surface area contributed by atoms with Crippen molar-refractivity contribution in [3.63, 3.8) is 0 Å². The predicted octanol–water partition coefficient (Wildman–Crippen LogP) is 2.87. The summed E-state index contributed by atoms with van der Waals surface area (Å²) < 4.78 is 0. The zero-order valence-corrected chi connectivity index (χ0v) is 10.7. The fourth-order valence-corrected chi connectivity index (χ4v) is 3.25. The van der Waals surface area contributed by atoms with E-state index in [9.17, 15) is 4.79 Å². The second kappa shape index (κ2) is 5.31. The molecule has 0 radical (unpaired) electrons. The number of hydrogen-bond donors (Lipinski definition) is 0. The fourth-order valence-electron chi connectivity index (χ4n) is 3.25. The van der Waals surface area contributed by atoms with Gasteiger partial charge in [0.05, 0.1) is 6.04 Å². The molecule has 2 aliphatic rings. The Morgan fingerprint density at radius 3 is 2.38 bits per heavy atom. The van der Waals surface area contributed by atoms with Gasteiger partial charge < -0.3 is 0 Å². The third kappa shape index (κ3) is 2.65. The largest absolute Gasteiger partial charge is 0.298 e. The number of nitrogens with zero attached hydrogens (tertiary/aromatic N) is 1. The molecule has 2 fully saturated rings. The molecule has 1 saturated heterocycles. The van der Waals surface area contributed by atoms with E-state index >= 15 is 0 Å². The minimum Gasteiger partial charge on any atom is -0.298 e. The lowest BCUT2D eigenvalue weighted by molar-refractivity contribution is -0.126. The second-order valence-corrected chi connectivity index (χ2v) is 5.85. The smallest absolute Gasteiger partial charge is 0.149 e. The first-order valence-corrected chi connectivity index (χ1v) is 6.95. The Labute approximate surface area is 99.4 Å². The molecule has 2 heteroatoms. The van der Waals surface area contributed by atoms with Gasteiger partial charge in [-0.3, -0.25) is 9.69 Å². The first-order valence-electron chi connectivity index (χ1n) is 6.95. The molecular formula is C14H25NO. The van der Waals surface area contributed by atoms with Gasteiger partial charge in [-0.05, 0) is 50.6 Å². The van der Waals surface area contributed by atoms with Gasteiger partial charge in [-0.25, -0.2) is 0 Å². The molecule has 1 unspecified atom stereocenters. The van der Waals surface area contributed by atoms with Crippen molar-refractivity contribution in [3.05, 3.63) is 0 Å². The van der Waals surface area contributed by atoms with E-state index < -0.39 is 0 Å². The van der Waals surface area contributed by atoms with Crippen LogP contribution in [0.4, 0.5) is 0 Å². The molecule has 1 heterocycles. The van der Waals surface area contributed by atoms with Crippen molar-refractivity contribution in [1.29, 1.82) is 0 Å². The van der Waals surface area contributed by atoms with Crippen LogP contribution in [-0.4, -0.2) is 29.8 Å². The molecule has 2 nitrogen and oxygen atoms in total. The molecule has 1 saturated carbocycles. The maximum atomic E-state index is 11.9. The molecule has 0 aromatic carbocycles. The molecule has 0 aromatic heterocycles. The summed E-state index contributed by atoms with van der Waals surface area (Å²) in [5, 5.41) is 0. The molecule has 0 bridgehead atoms. The Bertz CT molecular complexity index is 241. The Balaban J connectivity index is 1.86. The van der Waals surface area contributed by atoms with Gasteiger partial charge in [0.2, 0.25) is 0 Å². The fraction of sp³-hybridized carbons (Fsp3) is 0.929. The van der Waals surface area contributed by atoms with E-state index in [0.717, 1.165) is 44.2 Å². The SMILES string of the molecule is CC(C)C1CCN(C2CCCCC2=O)CC1. The second-order valence-electron chi connectivity index (χ2n) is 5.85. The van der Waals surface area contributed by atoms with E-state index in [1.165, 1.54) is 19.3 Å². The summed E-state index contributed by atoms with van der Waals surface area (Å²) in [7, 11) is 0. The highest BCUT2D eigenvalue weighted by Crippen LogP contribution is 2.28. The van der Waals surface area contributed by atoms with Gasteiger partial charge in [0, 0.05) is 6.42 Å². The van der Waals surface area contributed by atoms with Gasteiger partial charge in [0.15, 0.2) is 0 Å². The summed E-state index contributed by atoms with van der Waals surface area (Å²) in [6.07, 6.45) is 6.90. The van der Waals surface area contributed by atoms with E-state index in [1.807, 2.05) is 0 Å². The lowest BCUT2D eigenvalue weighted by atomic mass is 9.84. The van der Waals surface area contributed by atoms with Crippen LogP contribution in [0.1, 0.15) is 52.4 Å². The number of piperidine rings is 1. The Morgan fingerprint density at radius 1 is 1.12 bits per heavy atom. The molecule has 0 amide bonds. The van der Waals surface area contributed by atoms with Crippen molar-refractivity contribution in [1.82, 2.24) is 4.90 Å². The van der Waals surface area contributed by atoms with E-state index in [4.69, 9.17) is 0 Å². The van der Waals surface area contributed by atoms with Crippen molar-refractivity contribution >= 4 is 5.78 Å². The van der Waals surface area contributed by atoms with Crippen LogP contribution in [0.2, 0.25) is 0 Å². The van der Waals surface area contributed by atoms with E-state index in [-0.39, 0.29) is 6.04 Å². The Morgan fingerprint density at radius 2 is 1.81 bits per heavy atom. The van der Waals surface area contributed by atoms with Crippen molar-refractivity contribution in [2.24, 2.45) is 11.8 Å². The maximum absolute atomic E-state index is 11.9. The van der Waals surface area contributed by atoms with Crippen molar-refractivity contribution in [2.75, 3.05) is 13.1 Å². The van der Waals surface area contributed by atoms with Gasteiger partial charge in [-0.15, -0.1) is 0 Å². The first kappa shape index (κ1) is 12.1. The zero-order chi connectivity index (χ0) is 11.5. The zero-order valence-electron chi connectivity index (χ0n) is 10.7. The van der Waals surface area contributed by atoms with Gasteiger partial charge in [-0.1, -0.05) is 20.3 Å².